The zero-order chi connectivity index (χ0) is 14.4. The van der Waals surface area contributed by atoms with Gasteiger partial charge in [0, 0.05) is 19.3 Å². The fraction of sp³-hybridized carbons (Fsp3) is 0.667. The molecule has 1 aromatic carbocycles. The molecule has 2 heteroatoms. The molecule has 1 aliphatic carbocycles. The van der Waals surface area contributed by atoms with Crippen LogP contribution in [-0.2, 0) is 11.2 Å². The fourth-order valence-corrected chi connectivity index (χ4v) is 3.08. The summed E-state index contributed by atoms with van der Waals surface area (Å²) in [5, 5.41) is 3.73. The predicted molar refractivity (Wildman–Crippen MR) is 84.9 cm³/mol. The van der Waals surface area contributed by atoms with Crippen molar-refractivity contribution in [3.05, 3.63) is 35.4 Å². The van der Waals surface area contributed by atoms with Gasteiger partial charge in [0.2, 0.25) is 0 Å². The Hall–Kier alpha value is -0.860. The first-order chi connectivity index (χ1) is 9.72. The number of fused-ring (bicyclic) bond motifs is 1. The lowest BCUT2D eigenvalue weighted by Gasteiger charge is -2.22. The number of benzene rings is 1. The number of hydrogen-bond acceptors (Lipinski definition) is 2. The van der Waals surface area contributed by atoms with Gasteiger partial charge >= 0.3 is 0 Å². The van der Waals surface area contributed by atoms with E-state index in [1.807, 2.05) is 0 Å². The molecule has 0 bridgehead atoms. The van der Waals surface area contributed by atoms with E-state index in [1.54, 1.807) is 0 Å². The molecular weight excluding hydrogens is 246 g/mol. The second-order valence-corrected chi connectivity index (χ2v) is 6.35. The molecule has 2 rings (SSSR count). The molecule has 2 atom stereocenters. The Balaban J connectivity index is 1.91. The van der Waals surface area contributed by atoms with Gasteiger partial charge in [-0.15, -0.1) is 0 Å². The van der Waals surface area contributed by atoms with Crippen LogP contribution >= 0.6 is 0 Å². The van der Waals surface area contributed by atoms with E-state index < -0.39 is 0 Å². The summed E-state index contributed by atoms with van der Waals surface area (Å²) in [6.07, 6.45) is 3.54. The van der Waals surface area contributed by atoms with Crippen molar-refractivity contribution < 1.29 is 4.74 Å². The summed E-state index contributed by atoms with van der Waals surface area (Å²) in [7, 11) is 0. The summed E-state index contributed by atoms with van der Waals surface area (Å²) in [6, 6.07) is 9.42. The minimum Gasteiger partial charge on any atom is -0.381 e. The van der Waals surface area contributed by atoms with E-state index in [2.05, 4.69) is 50.4 Å². The maximum Gasteiger partial charge on any atom is 0.0488 e. The lowest BCUT2D eigenvalue weighted by Crippen LogP contribution is -2.27. The molecule has 1 N–H and O–H groups in total. The van der Waals surface area contributed by atoms with Gasteiger partial charge in [0.15, 0.2) is 0 Å². The standard InChI is InChI=1S/C18H29NO/c1-4-10-19-18-16(9-11-20-13-14(2)3)12-15-7-5-6-8-17(15)18/h5-8,14,16,18-19H,4,9-13H2,1-3H3. The molecule has 0 amide bonds. The minimum atomic E-state index is 0.522. The van der Waals surface area contributed by atoms with Crippen LogP contribution in [0.15, 0.2) is 24.3 Å². The zero-order valence-corrected chi connectivity index (χ0v) is 13.2. The van der Waals surface area contributed by atoms with Crippen molar-refractivity contribution >= 4 is 0 Å². The molecule has 0 radical (unpaired) electrons. The predicted octanol–water partition coefficient (Wildman–Crippen LogP) is 3.96. The van der Waals surface area contributed by atoms with Crippen molar-refractivity contribution in [2.75, 3.05) is 19.8 Å². The monoisotopic (exact) mass is 275 g/mol. The first kappa shape index (κ1) is 15.5. The first-order valence-corrected chi connectivity index (χ1v) is 8.11. The highest BCUT2D eigenvalue weighted by Gasteiger charge is 2.31. The van der Waals surface area contributed by atoms with Gasteiger partial charge in [-0.25, -0.2) is 0 Å². The first-order valence-electron chi connectivity index (χ1n) is 8.11. The van der Waals surface area contributed by atoms with E-state index in [1.165, 1.54) is 24.0 Å². The Bertz CT molecular complexity index is 402. The van der Waals surface area contributed by atoms with Crippen LogP contribution in [0, 0.1) is 11.8 Å². The molecule has 0 aromatic heterocycles. The lowest BCUT2D eigenvalue weighted by atomic mass is 9.97. The SMILES string of the molecule is CCCNC1c2ccccc2CC1CCOCC(C)C. The van der Waals surface area contributed by atoms with Gasteiger partial charge in [-0.3, -0.25) is 0 Å². The van der Waals surface area contributed by atoms with Crippen molar-refractivity contribution in [1.29, 1.82) is 0 Å². The van der Waals surface area contributed by atoms with Crippen molar-refractivity contribution in [3.8, 4) is 0 Å². The quantitative estimate of drug-likeness (QED) is 0.725. The Morgan fingerprint density at radius 2 is 2.10 bits per heavy atom. The molecule has 2 nitrogen and oxygen atoms in total. The van der Waals surface area contributed by atoms with Gasteiger partial charge in [0.25, 0.3) is 0 Å². The highest BCUT2D eigenvalue weighted by atomic mass is 16.5. The Labute approximate surface area is 123 Å². The Morgan fingerprint density at radius 3 is 2.85 bits per heavy atom. The molecule has 0 saturated heterocycles. The molecule has 0 fully saturated rings. The summed E-state index contributed by atoms with van der Waals surface area (Å²) in [5.74, 6) is 1.32. The van der Waals surface area contributed by atoms with E-state index in [0.29, 0.717) is 17.9 Å². The molecule has 0 heterocycles. The summed E-state index contributed by atoms with van der Waals surface area (Å²) >= 11 is 0. The van der Waals surface area contributed by atoms with E-state index in [4.69, 9.17) is 4.74 Å². The normalized spacial score (nSPS) is 21.4. The van der Waals surface area contributed by atoms with E-state index in [-0.39, 0.29) is 0 Å². The van der Waals surface area contributed by atoms with Crippen LogP contribution in [0.4, 0.5) is 0 Å². The van der Waals surface area contributed by atoms with Crippen LogP contribution < -0.4 is 5.32 Å². The molecule has 1 aliphatic rings. The van der Waals surface area contributed by atoms with Gasteiger partial charge in [0.1, 0.15) is 0 Å². The van der Waals surface area contributed by atoms with Gasteiger partial charge in [-0.05, 0) is 48.8 Å². The molecule has 1 aromatic rings. The molecule has 0 aliphatic heterocycles. The van der Waals surface area contributed by atoms with Crippen molar-refractivity contribution in [2.45, 2.75) is 46.1 Å². The average molecular weight is 275 g/mol. The van der Waals surface area contributed by atoms with Crippen LogP contribution in [0.1, 0.15) is 50.8 Å². The Kier molecular flexibility index (Phi) is 6.06. The van der Waals surface area contributed by atoms with Crippen LogP contribution in [0.25, 0.3) is 0 Å². The average Bonchev–Trinajstić information content (AvgIpc) is 2.79. The van der Waals surface area contributed by atoms with Crippen molar-refractivity contribution in [1.82, 2.24) is 5.32 Å². The molecule has 112 valence electrons. The minimum absolute atomic E-state index is 0.522. The number of rotatable bonds is 8. The highest BCUT2D eigenvalue weighted by molar-refractivity contribution is 5.35. The second kappa shape index (κ2) is 7.80. The van der Waals surface area contributed by atoms with Crippen LogP contribution in [0.2, 0.25) is 0 Å². The largest absolute Gasteiger partial charge is 0.381 e. The van der Waals surface area contributed by atoms with Gasteiger partial charge in [-0.2, -0.15) is 0 Å². The van der Waals surface area contributed by atoms with Gasteiger partial charge in [-0.1, -0.05) is 45.0 Å². The number of hydrogen-bond donors (Lipinski definition) is 1. The summed E-state index contributed by atoms with van der Waals surface area (Å²) in [5.41, 5.74) is 3.03. The second-order valence-electron chi connectivity index (χ2n) is 6.35. The van der Waals surface area contributed by atoms with E-state index >= 15 is 0 Å². The summed E-state index contributed by atoms with van der Waals surface area (Å²) < 4.78 is 5.78. The van der Waals surface area contributed by atoms with E-state index in [9.17, 15) is 0 Å². The maximum absolute atomic E-state index is 5.78. The maximum atomic E-state index is 5.78. The van der Waals surface area contributed by atoms with Gasteiger partial charge < -0.3 is 10.1 Å². The van der Waals surface area contributed by atoms with Crippen molar-refractivity contribution in [3.63, 3.8) is 0 Å². The van der Waals surface area contributed by atoms with Crippen LogP contribution in [-0.4, -0.2) is 19.8 Å². The lowest BCUT2D eigenvalue weighted by molar-refractivity contribution is 0.0944. The zero-order valence-electron chi connectivity index (χ0n) is 13.2. The van der Waals surface area contributed by atoms with Crippen molar-refractivity contribution in [2.24, 2.45) is 11.8 Å². The van der Waals surface area contributed by atoms with Crippen LogP contribution in [0.3, 0.4) is 0 Å². The highest BCUT2D eigenvalue weighted by Crippen LogP contribution is 2.37. The molecule has 0 spiro atoms. The number of nitrogens with one attached hydrogen (secondary N) is 1. The summed E-state index contributed by atoms with van der Waals surface area (Å²) in [4.78, 5) is 0. The third-order valence-corrected chi connectivity index (χ3v) is 4.04. The summed E-state index contributed by atoms with van der Waals surface area (Å²) in [6.45, 7) is 9.51. The van der Waals surface area contributed by atoms with E-state index in [0.717, 1.165) is 26.2 Å². The molecule has 0 saturated carbocycles. The van der Waals surface area contributed by atoms with Crippen LogP contribution in [0.5, 0.6) is 0 Å². The molecule has 20 heavy (non-hydrogen) atoms. The Morgan fingerprint density at radius 1 is 1.30 bits per heavy atom. The third-order valence-electron chi connectivity index (χ3n) is 4.04. The fourth-order valence-electron chi connectivity index (χ4n) is 3.08. The third kappa shape index (κ3) is 4.07. The topological polar surface area (TPSA) is 21.3 Å². The number of ether oxygens (including phenoxy) is 1. The van der Waals surface area contributed by atoms with Gasteiger partial charge in [0.05, 0.1) is 0 Å². The molecule has 2 unspecified atom stereocenters. The molecular formula is C18H29NO. The smallest absolute Gasteiger partial charge is 0.0488 e.